The fraction of sp³-hybridized carbons (Fsp3) is 0.500. The molecule has 2 aromatic heterocycles. The van der Waals surface area contributed by atoms with Gasteiger partial charge in [0.25, 0.3) is 0 Å². The number of benzene rings is 1. The lowest BCUT2D eigenvalue weighted by molar-refractivity contribution is -0.121. The Kier molecular flexibility index (Phi) is 7.28. The molecule has 1 fully saturated rings. The average Bonchev–Trinajstić information content (AvgIpc) is 3.20. The zero-order valence-corrected chi connectivity index (χ0v) is 20.2. The molecule has 176 valence electrons. The average molecular weight is 450 g/mol. The van der Waals surface area contributed by atoms with Crippen LogP contribution in [0, 0.1) is 20.8 Å². The van der Waals surface area contributed by atoms with Crippen LogP contribution in [0.1, 0.15) is 59.9 Å². The number of amides is 1. The van der Waals surface area contributed by atoms with Gasteiger partial charge in [0.1, 0.15) is 5.75 Å². The standard InChI is InChI=1S/C26H35N5O2/c1-18-16-25-28-19(2)21(20(3)31(25)29-18)12-13-26(32)27-17-23(30-14-8-5-9-15-30)22-10-6-7-11-24(22)33-4/h6-7,10-11,16,23H,5,8-9,12-15,17H2,1-4H3,(H,27,32). The molecule has 1 saturated heterocycles. The second-order valence-corrected chi connectivity index (χ2v) is 8.98. The molecule has 0 saturated carbocycles. The Hall–Kier alpha value is -2.93. The molecule has 0 radical (unpaired) electrons. The van der Waals surface area contributed by atoms with Crippen molar-refractivity contribution in [1.82, 2.24) is 24.8 Å². The van der Waals surface area contributed by atoms with Crippen LogP contribution in [0.4, 0.5) is 0 Å². The summed E-state index contributed by atoms with van der Waals surface area (Å²) in [5.41, 5.74) is 6.05. The summed E-state index contributed by atoms with van der Waals surface area (Å²) in [6.07, 6.45) is 4.73. The van der Waals surface area contributed by atoms with Gasteiger partial charge in [0.2, 0.25) is 5.91 Å². The number of carbonyl (C=O) groups excluding carboxylic acids is 1. The van der Waals surface area contributed by atoms with Crippen molar-refractivity contribution in [2.24, 2.45) is 0 Å². The number of rotatable bonds is 8. The number of piperidine rings is 1. The van der Waals surface area contributed by atoms with E-state index in [2.05, 4.69) is 33.3 Å². The van der Waals surface area contributed by atoms with E-state index in [1.165, 1.54) is 19.3 Å². The zero-order valence-electron chi connectivity index (χ0n) is 20.2. The summed E-state index contributed by atoms with van der Waals surface area (Å²) in [7, 11) is 1.71. The first kappa shape index (κ1) is 23.2. The number of nitrogens with one attached hydrogen (secondary N) is 1. The van der Waals surface area contributed by atoms with Gasteiger partial charge in [0, 0.05) is 36.0 Å². The number of fused-ring (bicyclic) bond motifs is 1. The minimum Gasteiger partial charge on any atom is -0.496 e. The number of aryl methyl sites for hydroxylation is 3. The number of para-hydroxylation sites is 1. The first-order valence-corrected chi connectivity index (χ1v) is 11.9. The Labute approximate surface area is 196 Å². The van der Waals surface area contributed by atoms with Crippen LogP contribution in [0.2, 0.25) is 0 Å². The number of hydrogen-bond donors (Lipinski definition) is 1. The minimum absolute atomic E-state index is 0.0578. The summed E-state index contributed by atoms with van der Waals surface area (Å²) in [6.45, 7) is 8.70. The van der Waals surface area contributed by atoms with Gasteiger partial charge in [-0.3, -0.25) is 9.69 Å². The Bertz CT molecular complexity index is 1120. The lowest BCUT2D eigenvalue weighted by Crippen LogP contribution is -2.40. The maximum Gasteiger partial charge on any atom is 0.220 e. The van der Waals surface area contributed by atoms with E-state index in [0.717, 1.165) is 52.7 Å². The van der Waals surface area contributed by atoms with Crippen LogP contribution in [0.25, 0.3) is 5.65 Å². The molecule has 33 heavy (non-hydrogen) atoms. The first-order valence-electron chi connectivity index (χ1n) is 11.9. The van der Waals surface area contributed by atoms with Crippen LogP contribution in [0.3, 0.4) is 0 Å². The molecule has 3 heterocycles. The fourth-order valence-corrected chi connectivity index (χ4v) is 4.95. The molecule has 0 spiro atoms. The molecule has 0 bridgehead atoms. The molecule has 1 atom stereocenters. The molecule has 1 aliphatic rings. The molecule has 1 unspecified atom stereocenters. The fourth-order valence-electron chi connectivity index (χ4n) is 4.95. The maximum absolute atomic E-state index is 12.9. The summed E-state index contributed by atoms with van der Waals surface area (Å²) >= 11 is 0. The van der Waals surface area contributed by atoms with Crippen molar-refractivity contribution in [3.63, 3.8) is 0 Å². The Balaban J connectivity index is 1.44. The number of carbonyl (C=O) groups is 1. The molecular formula is C26H35N5O2. The molecule has 1 N–H and O–H groups in total. The van der Waals surface area contributed by atoms with E-state index >= 15 is 0 Å². The van der Waals surface area contributed by atoms with Crippen LogP contribution < -0.4 is 10.1 Å². The Morgan fingerprint density at radius 2 is 1.91 bits per heavy atom. The Morgan fingerprint density at radius 3 is 2.67 bits per heavy atom. The molecule has 7 heteroatoms. The lowest BCUT2D eigenvalue weighted by Gasteiger charge is -2.35. The molecule has 1 amide bonds. The third-order valence-corrected chi connectivity index (χ3v) is 6.71. The molecule has 7 nitrogen and oxygen atoms in total. The van der Waals surface area contributed by atoms with Crippen LogP contribution >= 0.6 is 0 Å². The highest BCUT2D eigenvalue weighted by atomic mass is 16.5. The largest absolute Gasteiger partial charge is 0.496 e. The van der Waals surface area contributed by atoms with Gasteiger partial charge in [0.15, 0.2) is 5.65 Å². The topological polar surface area (TPSA) is 71.8 Å². The van der Waals surface area contributed by atoms with Crippen LogP contribution in [0.15, 0.2) is 30.3 Å². The quantitative estimate of drug-likeness (QED) is 0.564. The Morgan fingerprint density at radius 1 is 1.15 bits per heavy atom. The molecular weight excluding hydrogens is 414 g/mol. The van der Waals surface area contributed by atoms with Gasteiger partial charge in [-0.1, -0.05) is 24.6 Å². The van der Waals surface area contributed by atoms with Gasteiger partial charge < -0.3 is 10.1 Å². The summed E-state index contributed by atoms with van der Waals surface area (Å²) < 4.78 is 7.52. The third-order valence-electron chi connectivity index (χ3n) is 6.71. The van der Waals surface area contributed by atoms with Crippen molar-refractivity contribution in [2.45, 2.75) is 58.9 Å². The van der Waals surface area contributed by atoms with E-state index in [1.54, 1.807) is 7.11 Å². The summed E-state index contributed by atoms with van der Waals surface area (Å²) in [6, 6.07) is 10.2. The van der Waals surface area contributed by atoms with E-state index in [0.29, 0.717) is 19.4 Å². The lowest BCUT2D eigenvalue weighted by atomic mass is 10.0. The second-order valence-electron chi connectivity index (χ2n) is 8.98. The number of nitrogens with zero attached hydrogens (tertiary/aromatic N) is 4. The van der Waals surface area contributed by atoms with E-state index in [9.17, 15) is 4.79 Å². The molecule has 3 aromatic rings. The molecule has 1 aromatic carbocycles. The molecule has 4 rings (SSSR count). The van der Waals surface area contributed by atoms with E-state index in [1.807, 2.05) is 42.6 Å². The van der Waals surface area contributed by atoms with Gasteiger partial charge in [-0.25, -0.2) is 9.50 Å². The highest BCUT2D eigenvalue weighted by molar-refractivity contribution is 5.76. The van der Waals surface area contributed by atoms with Crippen molar-refractivity contribution in [3.05, 3.63) is 58.5 Å². The van der Waals surface area contributed by atoms with Crippen LogP contribution in [0.5, 0.6) is 5.75 Å². The van der Waals surface area contributed by atoms with Gasteiger partial charge >= 0.3 is 0 Å². The van der Waals surface area contributed by atoms with Crippen molar-refractivity contribution >= 4 is 11.6 Å². The number of hydrogen-bond acceptors (Lipinski definition) is 5. The zero-order chi connectivity index (χ0) is 23.4. The second kappa shape index (κ2) is 10.3. The van der Waals surface area contributed by atoms with E-state index in [4.69, 9.17) is 4.74 Å². The van der Waals surface area contributed by atoms with E-state index < -0.39 is 0 Å². The summed E-state index contributed by atoms with van der Waals surface area (Å²) in [4.78, 5) is 20.0. The number of methoxy groups -OCH3 is 1. The number of aromatic nitrogens is 3. The van der Waals surface area contributed by atoms with Crippen molar-refractivity contribution in [2.75, 3.05) is 26.7 Å². The highest BCUT2D eigenvalue weighted by Gasteiger charge is 2.25. The van der Waals surface area contributed by atoms with E-state index in [-0.39, 0.29) is 11.9 Å². The monoisotopic (exact) mass is 449 g/mol. The SMILES string of the molecule is COc1ccccc1C(CNC(=O)CCc1c(C)nc2cc(C)nn2c1C)N1CCCCC1. The molecule has 0 aliphatic carbocycles. The molecule has 1 aliphatic heterocycles. The van der Waals surface area contributed by atoms with Gasteiger partial charge in [0.05, 0.1) is 18.8 Å². The van der Waals surface area contributed by atoms with Crippen molar-refractivity contribution in [1.29, 1.82) is 0 Å². The number of likely N-dealkylation sites (tertiary alicyclic amines) is 1. The first-order chi connectivity index (χ1) is 16.0. The normalized spacial score (nSPS) is 15.5. The highest BCUT2D eigenvalue weighted by Crippen LogP contribution is 2.31. The van der Waals surface area contributed by atoms with Gasteiger partial charge in [-0.2, -0.15) is 5.10 Å². The summed E-state index contributed by atoms with van der Waals surface area (Å²) in [5, 5.41) is 7.74. The van der Waals surface area contributed by atoms with Crippen LogP contribution in [-0.2, 0) is 11.2 Å². The predicted octanol–water partition coefficient (Wildman–Crippen LogP) is 3.94. The summed E-state index contributed by atoms with van der Waals surface area (Å²) in [5.74, 6) is 0.935. The maximum atomic E-state index is 12.9. The minimum atomic E-state index is 0.0578. The number of ether oxygens (including phenoxy) is 1. The van der Waals surface area contributed by atoms with Crippen molar-refractivity contribution < 1.29 is 9.53 Å². The smallest absolute Gasteiger partial charge is 0.220 e. The predicted molar refractivity (Wildman–Crippen MR) is 130 cm³/mol. The van der Waals surface area contributed by atoms with Gasteiger partial charge in [-0.15, -0.1) is 0 Å². The third kappa shape index (κ3) is 5.19. The van der Waals surface area contributed by atoms with Gasteiger partial charge in [-0.05, 0) is 64.8 Å². The van der Waals surface area contributed by atoms with Crippen LogP contribution in [-0.4, -0.2) is 52.1 Å². The van der Waals surface area contributed by atoms with Crippen molar-refractivity contribution in [3.8, 4) is 5.75 Å².